The molecule has 2 aromatic carbocycles. The first-order valence-corrected chi connectivity index (χ1v) is 6.38. The highest BCUT2D eigenvalue weighted by Crippen LogP contribution is 2.29. The molecule has 104 valence electrons. The molecule has 2 rings (SSSR count). The van der Waals surface area contributed by atoms with E-state index in [-0.39, 0.29) is 5.91 Å². The summed E-state index contributed by atoms with van der Waals surface area (Å²) >= 11 is 0. The Morgan fingerprint density at radius 3 is 2.50 bits per heavy atom. The van der Waals surface area contributed by atoms with Gasteiger partial charge in [-0.15, -0.1) is 0 Å². The van der Waals surface area contributed by atoms with Crippen LogP contribution in [0.25, 0.3) is 0 Å². The summed E-state index contributed by atoms with van der Waals surface area (Å²) in [6, 6.07) is 10.8. The number of carbonyl (C=O) groups is 1. The second-order valence-electron chi connectivity index (χ2n) is 4.68. The van der Waals surface area contributed by atoms with Crippen molar-refractivity contribution in [3.8, 4) is 11.5 Å². The fourth-order valence-corrected chi connectivity index (χ4v) is 1.81. The SMILES string of the molecule is CNC(=O)c1ccc(N)c(Oc2ccc(C)c(C)c2)c1. The van der Waals surface area contributed by atoms with Crippen molar-refractivity contribution in [3.63, 3.8) is 0 Å². The molecule has 0 saturated heterocycles. The lowest BCUT2D eigenvalue weighted by molar-refractivity contribution is 0.0963. The zero-order valence-electron chi connectivity index (χ0n) is 11.9. The van der Waals surface area contributed by atoms with Crippen molar-refractivity contribution in [1.29, 1.82) is 0 Å². The van der Waals surface area contributed by atoms with Gasteiger partial charge in [-0.1, -0.05) is 6.07 Å². The monoisotopic (exact) mass is 270 g/mol. The predicted molar refractivity (Wildman–Crippen MR) is 80.2 cm³/mol. The molecule has 0 heterocycles. The van der Waals surface area contributed by atoms with E-state index in [0.717, 1.165) is 5.56 Å². The maximum Gasteiger partial charge on any atom is 0.251 e. The fourth-order valence-electron chi connectivity index (χ4n) is 1.81. The molecular formula is C16H18N2O2. The number of carbonyl (C=O) groups excluding carboxylic acids is 1. The van der Waals surface area contributed by atoms with Crippen molar-refractivity contribution in [2.45, 2.75) is 13.8 Å². The van der Waals surface area contributed by atoms with Gasteiger partial charge >= 0.3 is 0 Å². The third-order valence-electron chi connectivity index (χ3n) is 3.21. The molecule has 1 amide bonds. The maximum absolute atomic E-state index is 11.6. The Bertz CT molecular complexity index is 651. The first-order valence-electron chi connectivity index (χ1n) is 6.38. The van der Waals surface area contributed by atoms with Crippen molar-refractivity contribution in [1.82, 2.24) is 5.32 Å². The third kappa shape index (κ3) is 2.91. The molecule has 4 nitrogen and oxygen atoms in total. The first kappa shape index (κ1) is 13.9. The highest BCUT2D eigenvalue weighted by Gasteiger charge is 2.09. The number of hydrogen-bond donors (Lipinski definition) is 2. The smallest absolute Gasteiger partial charge is 0.251 e. The van der Waals surface area contributed by atoms with Gasteiger partial charge in [0.2, 0.25) is 0 Å². The van der Waals surface area contributed by atoms with Gasteiger partial charge in [-0.25, -0.2) is 0 Å². The standard InChI is InChI=1S/C16H18N2O2/c1-10-4-6-13(8-11(10)2)20-15-9-12(16(19)18-3)5-7-14(15)17/h4-9H,17H2,1-3H3,(H,18,19). The lowest BCUT2D eigenvalue weighted by atomic mass is 10.1. The van der Waals surface area contributed by atoms with E-state index in [4.69, 9.17) is 10.5 Å². The zero-order chi connectivity index (χ0) is 14.7. The molecule has 0 unspecified atom stereocenters. The minimum atomic E-state index is -0.171. The summed E-state index contributed by atoms with van der Waals surface area (Å²) in [5.41, 5.74) is 9.24. The highest BCUT2D eigenvalue weighted by molar-refractivity contribution is 5.95. The average molecular weight is 270 g/mol. The van der Waals surface area contributed by atoms with Crippen LogP contribution in [0.1, 0.15) is 21.5 Å². The van der Waals surface area contributed by atoms with Gasteiger partial charge in [0.15, 0.2) is 5.75 Å². The number of amides is 1. The lowest BCUT2D eigenvalue weighted by Gasteiger charge is -2.11. The van der Waals surface area contributed by atoms with Gasteiger partial charge in [0.05, 0.1) is 5.69 Å². The van der Waals surface area contributed by atoms with Crippen LogP contribution in [0.4, 0.5) is 5.69 Å². The Kier molecular flexibility index (Phi) is 3.94. The van der Waals surface area contributed by atoms with Gasteiger partial charge in [-0.3, -0.25) is 4.79 Å². The second-order valence-corrected chi connectivity index (χ2v) is 4.68. The predicted octanol–water partition coefficient (Wildman–Crippen LogP) is 3.04. The highest BCUT2D eigenvalue weighted by atomic mass is 16.5. The van der Waals surface area contributed by atoms with Crippen LogP contribution in [-0.4, -0.2) is 13.0 Å². The Labute approximate surface area is 118 Å². The zero-order valence-corrected chi connectivity index (χ0v) is 11.9. The number of nitrogen functional groups attached to an aromatic ring is 1. The van der Waals surface area contributed by atoms with Crippen molar-refractivity contribution in [3.05, 3.63) is 53.1 Å². The topological polar surface area (TPSA) is 64.4 Å². The first-order chi connectivity index (χ1) is 9.51. The number of hydrogen-bond acceptors (Lipinski definition) is 3. The van der Waals surface area contributed by atoms with Gasteiger partial charge in [0.1, 0.15) is 5.75 Å². The van der Waals surface area contributed by atoms with E-state index >= 15 is 0 Å². The molecule has 0 atom stereocenters. The summed E-state index contributed by atoms with van der Waals surface area (Å²) in [6.07, 6.45) is 0. The quantitative estimate of drug-likeness (QED) is 0.842. The minimum Gasteiger partial charge on any atom is -0.455 e. The summed E-state index contributed by atoms with van der Waals surface area (Å²) in [5, 5.41) is 2.57. The molecule has 0 aliphatic carbocycles. The largest absolute Gasteiger partial charge is 0.455 e. The molecule has 0 aromatic heterocycles. The number of benzene rings is 2. The van der Waals surface area contributed by atoms with Crippen molar-refractivity contribution in [2.75, 3.05) is 12.8 Å². The van der Waals surface area contributed by atoms with Gasteiger partial charge in [-0.05, 0) is 55.3 Å². The van der Waals surface area contributed by atoms with E-state index in [1.165, 1.54) is 5.56 Å². The summed E-state index contributed by atoms with van der Waals surface area (Å²) in [5.74, 6) is 1.01. The summed E-state index contributed by atoms with van der Waals surface area (Å²) in [7, 11) is 1.59. The molecule has 0 saturated carbocycles. The van der Waals surface area contributed by atoms with Gasteiger partial charge < -0.3 is 15.8 Å². The maximum atomic E-state index is 11.6. The summed E-state index contributed by atoms with van der Waals surface area (Å²) in [4.78, 5) is 11.6. The number of rotatable bonds is 3. The Hall–Kier alpha value is -2.49. The number of ether oxygens (including phenoxy) is 1. The van der Waals surface area contributed by atoms with Crippen molar-refractivity contribution >= 4 is 11.6 Å². The van der Waals surface area contributed by atoms with Crippen LogP contribution in [0.15, 0.2) is 36.4 Å². The molecule has 0 spiro atoms. The van der Waals surface area contributed by atoms with Crippen LogP contribution in [-0.2, 0) is 0 Å². The van der Waals surface area contributed by atoms with E-state index in [9.17, 15) is 4.79 Å². The minimum absolute atomic E-state index is 0.171. The van der Waals surface area contributed by atoms with Crippen LogP contribution in [0.5, 0.6) is 11.5 Å². The molecule has 0 bridgehead atoms. The van der Waals surface area contributed by atoms with E-state index in [1.54, 1.807) is 25.2 Å². The lowest BCUT2D eigenvalue weighted by Crippen LogP contribution is -2.17. The molecule has 20 heavy (non-hydrogen) atoms. The third-order valence-corrected chi connectivity index (χ3v) is 3.21. The van der Waals surface area contributed by atoms with E-state index in [0.29, 0.717) is 22.7 Å². The Balaban J connectivity index is 2.32. The van der Waals surface area contributed by atoms with Gasteiger partial charge in [0, 0.05) is 12.6 Å². The van der Waals surface area contributed by atoms with Crippen LogP contribution in [0, 0.1) is 13.8 Å². The number of nitrogens with two attached hydrogens (primary N) is 1. The van der Waals surface area contributed by atoms with Gasteiger partial charge in [0.25, 0.3) is 5.91 Å². The second kappa shape index (κ2) is 5.65. The summed E-state index contributed by atoms with van der Waals surface area (Å²) in [6.45, 7) is 4.06. The molecule has 0 radical (unpaired) electrons. The Morgan fingerprint density at radius 2 is 1.85 bits per heavy atom. The molecular weight excluding hydrogens is 252 g/mol. The molecule has 0 aliphatic heterocycles. The molecule has 0 fully saturated rings. The molecule has 2 aromatic rings. The van der Waals surface area contributed by atoms with E-state index < -0.39 is 0 Å². The Morgan fingerprint density at radius 1 is 1.10 bits per heavy atom. The van der Waals surface area contributed by atoms with Crippen LogP contribution >= 0.6 is 0 Å². The molecule has 4 heteroatoms. The van der Waals surface area contributed by atoms with Gasteiger partial charge in [-0.2, -0.15) is 0 Å². The van der Waals surface area contributed by atoms with E-state index in [1.807, 2.05) is 32.0 Å². The van der Waals surface area contributed by atoms with E-state index in [2.05, 4.69) is 5.32 Å². The van der Waals surface area contributed by atoms with Crippen LogP contribution < -0.4 is 15.8 Å². The number of nitrogens with one attached hydrogen (secondary N) is 1. The van der Waals surface area contributed by atoms with Crippen molar-refractivity contribution in [2.24, 2.45) is 0 Å². The van der Waals surface area contributed by atoms with Crippen LogP contribution in [0.3, 0.4) is 0 Å². The normalized spacial score (nSPS) is 10.2. The fraction of sp³-hybridized carbons (Fsp3) is 0.188. The number of anilines is 1. The summed E-state index contributed by atoms with van der Waals surface area (Å²) < 4.78 is 5.78. The molecule has 3 N–H and O–H groups in total. The number of aryl methyl sites for hydroxylation is 2. The van der Waals surface area contributed by atoms with Crippen LogP contribution in [0.2, 0.25) is 0 Å². The average Bonchev–Trinajstić information content (AvgIpc) is 2.44. The molecule has 0 aliphatic rings. The van der Waals surface area contributed by atoms with Crippen molar-refractivity contribution < 1.29 is 9.53 Å².